The van der Waals surface area contributed by atoms with E-state index in [1.165, 1.54) is 30.3 Å². The molecule has 0 atom stereocenters. The monoisotopic (exact) mass is 369 g/mol. The number of thioether (sulfide) groups is 1. The largest absolute Gasteiger partial charge is 0.293 e. The van der Waals surface area contributed by atoms with Crippen molar-refractivity contribution in [3.05, 3.63) is 74.9 Å². The number of carbonyl (C=O) groups excluding carboxylic acids is 3. The van der Waals surface area contributed by atoms with Crippen molar-refractivity contribution in [1.82, 2.24) is 9.88 Å². The van der Waals surface area contributed by atoms with Gasteiger partial charge >= 0.3 is 0 Å². The summed E-state index contributed by atoms with van der Waals surface area (Å²) in [5, 5.41) is 10.1. The lowest BCUT2D eigenvalue weighted by molar-refractivity contribution is -0.384. The molecule has 3 rings (SSSR count). The topological polar surface area (TPSA) is 110 Å². The summed E-state index contributed by atoms with van der Waals surface area (Å²) in [4.78, 5) is 51.8. The highest BCUT2D eigenvalue weighted by molar-refractivity contribution is 8.18. The second-order valence-electron chi connectivity index (χ2n) is 5.28. The number of hydrogen-bond acceptors (Lipinski definition) is 7. The summed E-state index contributed by atoms with van der Waals surface area (Å²) in [5.41, 5.74) is 0.706. The van der Waals surface area contributed by atoms with Crippen LogP contribution in [0.5, 0.6) is 0 Å². The fourth-order valence-corrected chi connectivity index (χ4v) is 3.09. The third-order valence-corrected chi connectivity index (χ3v) is 4.46. The van der Waals surface area contributed by atoms with Gasteiger partial charge in [0.2, 0.25) is 0 Å². The first-order valence-corrected chi connectivity index (χ1v) is 8.20. The van der Waals surface area contributed by atoms with Gasteiger partial charge in [0.25, 0.3) is 16.8 Å². The fourth-order valence-electron chi connectivity index (χ4n) is 2.25. The van der Waals surface area contributed by atoms with E-state index in [2.05, 4.69) is 4.98 Å². The van der Waals surface area contributed by atoms with Crippen molar-refractivity contribution in [3.63, 3.8) is 0 Å². The van der Waals surface area contributed by atoms with E-state index in [0.29, 0.717) is 5.56 Å². The lowest BCUT2D eigenvalue weighted by atomic mass is 10.1. The Morgan fingerprint density at radius 3 is 2.58 bits per heavy atom. The van der Waals surface area contributed by atoms with Gasteiger partial charge in [-0.1, -0.05) is 6.07 Å². The zero-order chi connectivity index (χ0) is 18.7. The summed E-state index contributed by atoms with van der Waals surface area (Å²) in [6.45, 7) is -0.424. The normalized spacial score (nSPS) is 15.5. The van der Waals surface area contributed by atoms with E-state index in [4.69, 9.17) is 0 Å². The standard InChI is InChI=1S/C17H11N3O5S/c21-14(12-3-5-13(6-4-12)20(24)25)10-19-16(22)15(26-17(19)23)8-11-2-1-7-18-9-11/h1-9H,10H2/b15-8+. The summed E-state index contributed by atoms with van der Waals surface area (Å²) in [6, 6.07) is 8.43. The number of nitro benzene ring substituents is 1. The zero-order valence-electron chi connectivity index (χ0n) is 13.2. The molecule has 0 radical (unpaired) electrons. The molecular formula is C17H11N3O5S. The predicted octanol–water partition coefficient (Wildman–Crippen LogP) is 2.91. The van der Waals surface area contributed by atoms with Crippen LogP contribution in [0, 0.1) is 10.1 Å². The maximum atomic E-state index is 12.4. The van der Waals surface area contributed by atoms with Gasteiger partial charge in [-0.25, -0.2) is 0 Å². The van der Waals surface area contributed by atoms with Gasteiger partial charge in [-0.05, 0) is 41.6 Å². The minimum atomic E-state index is -0.575. The van der Waals surface area contributed by atoms with Gasteiger partial charge in [-0.2, -0.15) is 0 Å². The molecule has 1 aromatic carbocycles. The number of ketones is 1. The Balaban J connectivity index is 1.74. The number of Topliss-reactive ketones (excluding diaryl/α,β-unsaturated/α-hetero) is 1. The van der Waals surface area contributed by atoms with Gasteiger partial charge in [-0.15, -0.1) is 0 Å². The Bertz CT molecular complexity index is 925. The fraction of sp³-hybridized carbons (Fsp3) is 0.0588. The highest BCUT2D eigenvalue weighted by atomic mass is 32.2. The van der Waals surface area contributed by atoms with Crippen LogP contribution < -0.4 is 0 Å². The first-order valence-electron chi connectivity index (χ1n) is 7.39. The Morgan fingerprint density at radius 2 is 1.96 bits per heavy atom. The molecule has 1 aromatic heterocycles. The molecule has 0 saturated carbocycles. The maximum Gasteiger partial charge on any atom is 0.293 e. The summed E-state index contributed by atoms with van der Waals surface area (Å²) in [6.07, 6.45) is 4.68. The number of carbonyl (C=O) groups is 3. The molecule has 2 amide bonds. The number of amides is 2. The Kier molecular flexibility index (Phi) is 4.90. The van der Waals surface area contributed by atoms with Crippen molar-refractivity contribution < 1.29 is 19.3 Å². The Morgan fingerprint density at radius 1 is 1.23 bits per heavy atom. The van der Waals surface area contributed by atoms with E-state index in [1.807, 2.05) is 0 Å². The third kappa shape index (κ3) is 3.67. The molecule has 0 aliphatic carbocycles. The van der Waals surface area contributed by atoms with Crippen LogP contribution in [-0.2, 0) is 4.79 Å². The Labute approximate surface area is 151 Å². The first-order chi connectivity index (χ1) is 12.5. The molecule has 0 N–H and O–H groups in total. The number of pyridine rings is 1. The number of aromatic nitrogens is 1. The molecule has 1 aliphatic rings. The molecule has 130 valence electrons. The highest BCUT2D eigenvalue weighted by Crippen LogP contribution is 2.32. The van der Waals surface area contributed by atoms with Crippen LogP contribution in [0.2, 0.25) is 0 Å². The molecular weight excluding hydrogens is 358 g/mol. The lowest BCUT2D eigenvalue weighted by Crippen LogP contribution is -2.33. The molecule has 2 aromatic rings. The van der Waals surface area contributed by atoms with Gasteiger partial charge in [0, 0.05) is 30.1 Å². The molecule has 2 heterocycles. The number of hydrogen-bond donors (Lipinski definition) is 0. The average molecular weight is 369 g/mol. The van der Waals surface area contributed by atoms with Crippen LogP contribution in [-0.4, -0.2) is 38.3 Å². The van der Waals surface area contributed by atoms with E-state index >= 15 is 0 Å². The number of non-ortho nitro benzene ring substituents is 1. The molecule has 0 bridgehead atoms. The summed E-state index contributed by atoms with van der Waals surface area (Å²) in [5.74, 6) is -1.04. The van der Waals surface area contributed by atoms with Crippen LogP contribution in [0.15, 0.2) is 53.7 Å². The van der Waals surface area contributed by atoms with Gasteiger partial charge in [-0.3, -0.25) is 34.4 Å². The molecule has 1 aliphatic heterocycles. The average Bonchev–Trinajstić information content (AvgIpc) is 2.90. The van der Waals surface area contributed by atoms with E-state index in [1.54, 1.807) is 24.5 Å². The lowest BCUT2D eigenvalue weighted by Gasteiger charge is -2.11. The maximum absolute atomic E-state index is 12.4. The predicted molar refractivity (Wildman–Crippen MR) is 94.3 cm³/mol. The molecule has 9 heteroatoms. The highest BCUT2D eigenvalue weighted by Gasteiger charge is 2.36. The van der Waals surface area contributed by atoms with Crippen molar-refractivity contribution in [1.29, 1.82) is 0 Å². The molecule has 8 nitrogen and oxygen atoms in total. The SMILES string of the molecule is O=C(CN1C(=O)S/C(=C/c2cccnc2)C1=O)c1ccc([N+](=O)[O-])cc1. The number of nitro groups is 1. The van der Waals surface area contributed by atoms with Crippen molar-refractivity contribution in [2.24, 2.45) is 0 Å². The molecule has 0 unspecified atom stereocenters. The van der Waals surface area contributed by atoms with Crippen LogP contribution in [0.25, 0.3) is 6.08 Å². The van der Waals surface area contributed by atoms with E-state index in [-0.39, 0.29) is 16.2 Å². The van der Waals surface area contributed by atoms with E-state index < -0.39 is 28.4 Å². The van der Waals surface area contributed by atoms with Crippen LogP contribution in [0.1, 0.15) is 15.9 Å². The van der Waals surface area contributed by atoms with Gasteiger partial charge < -0.3 is 0 Å². The molecule has 1 fully saturated rings. The van der Waals surface area contributed by atoms with Gasteiger partial charge in [0.15, 0.2) is 5.78 Å². The second-order valence-corrected chi connectivity index (χ2v) is 6.27. The van der Waals surface area contributed by atoms with Crippen LogP contribution >= 0.6 is 11.8 Å². The molecule has 26 heavy (non-hydrogen) atoms. The number of rotatable bonds is 5. The van der Waals surface area contributed by atoms with Crippen molar-refractivity contribution >= 4 is 40.5 Å². The number of nitrogens with zero attached hydrogens (tertiary/aromatic N) is 3. The number of imide groups is 1. The Hall–Kier alpha value is -3.33. The van der Waals surface area contributed by atoms with E-state index in [0.717, 1.165) is 16.7 Å². The minimum absolute atomic E-state index is 0.146. The minimum Gasteiger partial charge on any atom is -0.292 e. The van der Waals surface area contributed by atoms with Crippen molar-refractivity contribution in [3.8, 4) is 0 Å². The summed E-state index contributed by atoms with van der Waals surface area (Å²) < 4.78 is 0. The van der Waals surface area contributed by atoms with Gasteiger partial charge in [0.05, 0.1) is 16.4 Å². The zero-order valence-corrected chi connectivity index (χ0v) is 14.0. The van der Waals surface area contributed by atoms with Crippen LogP contribution in [0.3, 0.4) is 0 Å². The number of benzene rings is 1. The van der Waals surface area contributed by atoms with Crippen molar-refractivity contribution in [2.45, 2.75) is 0 Å². The summed E-state index contributed by atoms with van der Waals surface area (Å²) in [7, 11) is 0. The molecule has 1 saturated heterocycles. The van der Waals surface area contributed by atoms with Crippen LogP contribution in [0.4, 0.5) is 10.5 Å². The first kappa shape index (κ1) is 17.5. The smallest absolute Gasteiger partial charge is 0.292 e. The second kappa shape index (κ2) is 7.28. The third-order valence-electron chi connectivity index (χ3n) is 3.56. The molecule has 0 spiro atoms. The van der Waals surface area contributed by atoms with Gasteiger partial charge in [0.1, 0.15) is 0 Å². The summed E-state index contributed by atoms with van der Waals surface area (Å²) >= 11 is 0.749. The van der Waals surface area contributed by atoms with E-state index in [9.17, 15) is 24.5 Å². The quantitative estimate of drug-likeness (QED) is 0.345. The van der Waals surface area contributed by atoms with Crippen molar-refractivity contribution in [2.75, 3.05) is 6.54 Å².